The Balaban J connectivity index is 2.85. The maximum atomic E-state index is 4.03. The quantitative estimate of drug-likeness (QED) is 0.661. The summed E-state index contributed by atoms with van der Waals surface area (Å²) in [4.78, 5) is 4.03. The molecule has 12 heavy (non-hydrogen) atoms. The highest BCUT2D eigenvalue weighted by Crippen LogP contribution is 2.08. The van der Waals surface area contributed by atoms with Gasteiger partial charge in [0.25, 0.3) is 0 Å². The summed E-state index contributed by atoms with van der Waals surface area (Å²) in [5.74, 6) is 5.92. The zero-order chi connectivity index (χ0) is 8.81. The third kappa shape index (κ3) is 2.08. The van der Waals surface area contributed by atoms with Crippen LogP contribution in [0.1, 0.15) is 18.5 Å². The van der Waals surface area contributed by atoms with Crippen molar-refractivity contribution in [2.45, 2.75) is 13.0 Å². The molecule has 1 heterocycles. The molecule has 1 aromatic heterocycles. The highest BCUT2D eigenvalue weighted by atomic mass is 14.9. The zero-order valence-corrected chi connectivity index (χ0v) is 7.33. The van der Waals surface area contributed by atoms with Gasteiger partial charge in [-0.15, -0.1) is 5.92 Å². The molecule has 0 aliphatic rings. The lowest BCUT2D eigenvalue weighted by Gasteiger charge is -2.07. The summed E-state index contributed by atoms with van der Waals surface area (Å²) in [5.41, 5.74) is 1.11. The van der Waals surface area contributed by atoms with Crippen LogP contribution in [0.15, 0.2) is 24.5 Å². The molecule has 0 radical (unpaired) electrons. The Hall–Kier alpha value is -1.33. The summed E-state index contributed by atoms with van der Waals surface area (Å²) in [5, 5.41) is 3.11. The predicted molar refractivity (Wildman–Crippen MR) is 49.5 cm³/mol. The first-order valence-corrected chi connectivity index (χ1v) is 3.88. The minimum Gasteiger partial charge on any atom is -0.303 e. The summed E-state index contributed by atoms with van der Waals surface area (Å²) < 4.78 is 0. The van der Waals surface area contributed by atoms with E-state index >= 15 is 0 Å². The van der Waals surface area contributed by atoms with E-state index in [-0.39, 0.29) is 6.04 Å². The van der Waals surface area contributed by atoms with Gasteiger partial charge in [-0.3, -0.25) is 4.98 Å². The first kappa shape index (κ1) is 8.76. The number of hydrogen-bond acceptors (Lipinski definition) is 2. The molecule has 2 nitrogen and oxygen atoms in total. The first-order valence-electron chi connectivity index (χ1n) is 3.88. The minimum atomic E-state index is 0.101. The monoisotopic (exact) mass is 160 g/mol. The largest absolute Gasteiger partial charge is 0.303 e. The lowest BCUT2D eigenvalue weighted by molar-refractivity contribution is 0.732. The van der Waals surface area contributed by atoms with Crippen LogP contribution in [0.5, 0.6) is 0 Å². The molecule has 0 fully saturated rings. The van der Waals surface area contributed by atoms with Crippen LogP contribution < -0.4 is 5.32 Å². The Morgan fingerprint density at radius 1 is 1.58 bits per heavy atom. The fraction of sp³-hybridized carbons (Fsp3) is 0.300. The van der Waals surface area contributed by atoms with Gasteiger partial charge in [-0.1, -0.05) is 12.0 Å². The number of nitrogens with zero attached hydrogens (tertiary/aromatic N) is 1. The zero-order valence-electron chi connectivity index (χ0n) is 7.33. The Morgan fingerprint density at radius 3 is 2.92 bits per heavy atom. The fourth-order valence-corrected chi connectivity index (χ4v) is 1.01. The number of rotatable bonds is 2. The molecule has 1 unspecified atom stereocenters. The molecule has 62 valence electrons. The van der Waals surface area contributed by atoms with Crippen molar-refractivity contribution < 1.29 is 0 Å². The van der Waals surface area contributed by atoms with Gasteiger partial charge >= 0.3 is 0 Å². The van der Waals surface area contributed by atoms with Gasteiger partial charge in [0, 0.05) is 12.4 Å². The van der Waals surface area contributed by atoms with Gasteiger partial charge in [-0.2, -0.15) is 0 Å². The molecule has 0 saturated heterocycles. The third-order valence-electron chi connectivity index (χ3n) is 1.60. The molecular formula is C10H12N2. The first-order chi connectivity index (χ1) is 5.88. The number of hydrogen-bond donors (Lipinski definition) is 1. The Morgan fingerprint density at radius 2 is 2.42 bits per heavy atom. The second-order valence-corrected chi connectivity index (χ2v) is 2.40. The van der Waals surface area contributed by atoms with Crippen LogP contribution in [0.4, 0.5) is 0 Å². The Bertz CT molecular complexity index is 282. The molecule has 0 bridgehead atoms. The molecule has 0 aromatic carbocycles. The van der Waals surface area contributed by atoms with Crippen molar-refractivity contribution in [2.75, 3.05) is 7.05 Å². The number of aromatic nitrogens is 1. The average molecular weight is 160 g/mol. The highest BCUT2D eigenvalue weighted by molar-refractivity contribution is 5.23. The fourth-order valence-electron chi connectivity index (χ4n) is 1.01. The summed E-state index contributed by atoms with van der Waals surface area (Å²) in [7, 11) is 1.89. The second kappa shape index (κ2) is 4.53. The predicted octanol–water partition coefficient (Wildman–Crippen LogP) is 1.37. The van der Waals surface area contributed by atoms with Crippen LogP contribution in [0, 0.1) is 11.8 Å². The van der Waals surface area contributed by atoms with Crippen LogP contribution in [-0.4, -0.2) is 12.0 Å². The van der Waals surface area contributed by atoms with E-state index in [1.807, 2.05) is 32.3 Å². The highest BCUT2D eigenvalue weighted by Gasteiger charge is 2.02. The lowest BCUT2D eigenvalue weighted by atomic mass is 10.1. The Kier molecular flexibility index (Phi) is 3.31. The van der Waals surface area contributed by atoms with Crippen LogP contribution in [0.3, 0.4) is 0 Å². The molecule has 0 aliphatic heterocycles. The van der Waals surface area contributed by atoms with E-state index in [9.17, 15) is 0 Å². The number of nitrogens with one attached hydrogen (secondary N) is 1. The van der Waals surface area contributed by atoms with Crippen molar-refractivity contribution in [3.05, 3.63) is 30.1 Å². The van der Waals surface area contributed by atoms with Crippen molar-refractivity contribution >= 4 is 0 Å². The SMILES string of the molecule is CC#CC(NC)c1cccnc1. The molecule has 0 amide bonds. The Labute approximate surface area is 73.0 Å². The third-order valence-corrected chi connectivity index (χ3v) is 1.60. The maximum Gasteiger partial charge on any atom is 0.0958 e. The molecule has 1 aromatic rings. The minimum absolute atomic E-state index is 0.101. The molecule has 0 aliphatic carbocycles. The van der Waals surface area contributed by atoms with E-state index in [0.717, 1.165) is 5.56 Å². The molecule has 1 N–H and O–H groups in total. The van der Waals surface area contributed by atoms with Crippen LogP contribution in [0.2, 0.25) is 0 Å². The van der Waals surface area contributed by atoms with Crippen LogP contribution >= 0.6 is 0 Å². The maximum absolute atomic E-state index is 4.03. The van der Waals surface area contributed by atoms with Crippen molar-refractivity contribution in [1.82, 2.24) is 10.3 Å². The molecule has 1 atom stereocenters. The molecular weight excluding hydrogens is 148 g/mol. The van der Waals surface area contributed by atoms with Gasteiger partial charge in [-0.05, 0) is 25.6 Å². The number of pyridine rings is 1. The van der Waals surface area contributed by atoms with Crippen molar-refractivity contribution in [2.24, 2.45) is 0 Å². The van der Waals surface area contributed by atoms with Gasteiger partial charge in [0.15, 0.2) is 0 Å². The van der Waals surface area contributed by atoms with Gasteiger partial charge in [0.2, 0.25) is 0 Å². The van der Waals surface area contributed by atoms with Gasteiger partial charge in [0.05, 0.1) is 6.04 Å². The van der Waals surface area contributed by atoms with E-state index in [2.05, 4.69) is 22.1 Å². The van der Waals surface area contributed by atoms with E-state index in [0.29, 0.717) is 0 Å². The summed E-state index contributed by atoms with van der Waals surface area (Å²) in [6.45, 7) is 1.83. The molecule has 0 saturated carbocycles. The molecule has 0 spiro atoms. The van der Waals surface area contributed by atoms with Crippen LogP contribution in [0.25, 0.3) is 0 Å². The van der Waals surface area contributed by atoms with Gasteiger partial charge in [0.1, 0.15) is 0 Å². The van der Waals surface area contributed by atoms with E-state index in [4.69, 9.17) is 0 Å². The topological polar surface area (TPSA) is 24.9 Å². The van der Waals surface area contributed by atoms with E-state index in [1.54, 1.807) is 6.20 Å². The van der Waals surface area contributed by atoms with E-state index in [1.165, 1.54) is 0 Å². The lowest BCUT2D eigenvalue weighted by Crippen LogP contribution is -2.14. The normalized spacial score (nSPS) is 11.5. The molecule has 1 rings (SSSR count). The van der Waals surface area contributed by atoms with Crippen molar-refractivity contribution in [3.63, 3.8) is 0 Å². The summed E-state index contributed by atoms with van der Waals surface area (Å²) in [6, 6.07) is 4.03. The van der Waals surface area contributed by atoms with Crippen molar-refractivity contribution in [3.8, 4) is 11.8 Å². The van der Waals surface area contributed by atoms with E-state index < -0.39 is 0 Å². The van der Waals surface area contributed by atoms with Crippen LogP contribution in [-0.2, 0) is 0 Å². The summed E-state index contributed by atoms with van der Waals surface area (Å²) in [6.07, 6.45) is 3.58. The standard InChI is InChI=1S/C10H12N2/c1-3-5-10(11-2)9-6-4-7-12-8-9/h4,6-8,10-11H,1-2H3. The average Bonchev–Trinajstić information content (AvgIpc) is 2.15. The van der Waals surface area contributed by atoms with Gasteiger partial charge in [-0.25, -0.2) is 0 Å². The van der Waals surface area contributed by atoms with Gasteiger partial charge < -0.3 is 5.32 Å². The summed E-state index contributed by atoms with van der Waals surface area (Å²) >= 11 is 0. The van der Waals surface area contributed by atoms with Crippen molar-refractivity contribution in [1.29, 1.82) is 0 Å². The molecule has 2 heteroatoms. The second-order valence-electron chi connectivity index (χ2n) is 2.40. The smallest absolute Gasteiger partial charge is 0.0958 e.